The highest BCUT2D eigenvalue weighted by Gasteiger charge is 2.37. The average molecular weight is 949 g/mol. The lowest BCUT2D eigenvalue weighted by atomic mass is 10.00. The number of likely N-dealkylation sites (N-methyl/N-ethyl adjacent to an activating group) is 1. The van der Waals surface area contributed by atoms with E-state index in [1.807, 2.05) is 50.7 Å². The molecule has 2 aromatic carbocycles. The lowest BCUT2D eigenvalue weighted by Crippen LogP contribution is -2.58. The van der Waals surface area contributed by atoms with E-state index in [9.17, 15) is 24.0 Å². The van der Waals surface area contributed by atoms with Gasteiger partial charge in [0, 0.05) is 57.4 Å². The Labute approximate surface area is 398 Å². The summed E-state index contributed by atoms with van der Waals surface area (Å²) in [5, 5.41) is 14.9. The third-order valence-electron chi connectivity index (χ3n) is 12.7. The van der Waals surface area contributed by atoms with Gasteiger partial charge in [-0.05, 0) is 97.2 Å². The quantitative estimate of drug-likeness (QED) is 0.0841. The number of nitrogens with one attached hydrogen (secondary N) is 2. The van der Waals surface area contributed by atoms with Crippen molar-refractivity contribution in [2.24, 2.45) is 11.5 Å². The number of aryl methyl sites for hydroxylation is 5. The highest BCUT2D eigenvalue weighted by atomic mass is 16.5. The Bertz CT molecular complexity index is 2960. The number of rotatable bonds is 19. The standard InChI is InChI=1S/C47H60N14O8/c1-8-59-34(20-27(3)54-59)42(64)52-45-50-32-22-29(40(48)62)24-36(68-17-11-13-56(7)44(66)47(5,6)57-15-18-67-19-16-57)38(32)58(45)14-10-12-31-26-69-37-25-30(41(49)63)23-33-39(37)61(31)46(51-33)53-43(65)35-21-28(4)55-60(35)9-2/h20-25,31H,8-19,26H2,1-7H3,(H2,48,62)(H2,49,63)(H,50,52,64)(H,51,53,65)/t31-/m0/s1. The van der Waals surface area contributed by atoms with Gasteiger partial charge in [0.15, 0.2) is 0 Å². The molecule has 4 aromatic heterocycles. The first-order valence-corrected chi connectivity index (χ1v) is 23.2. The van der Waals surface area contributed by atoms with Crippen molar-refractivity contribution in [1.82, 2.24) is 48.5 Å². The van der Waals surface area contributed by atoms with Crippen LogP contribution >= 0.6 is 0 Å². The van der Waals surface area contributed by atoms with Crippen molar-refractivity contribution in [3.05, 3.63) is 70.3 Å². The van der Waals surface area contributed by atoms with E-state index in [1.54, 1.807) is 57.7 Å². The number of benzene rings is 2. The Balaban J connectivity index is 1.09. The predicted molar refractivity (Wildman–Crippen MR) is 256 cm³/mol. The summed E-state index contributed by atoms with van der Waals surface area (Å²) in [6.45, 7) is 15.7. The molecule has 0 aliphatic carbocycles. The number of aromatic nitrogens is 8. The van der Waals surface area contributed by atoms with Crippen molar-refractivity contribution in [3.8, 4) is 11.5 Å². The maximum absolute atomic E-state index is 14.0. The first-order chi connectivity index (χ1) is 33.0. The zero-order valence-corrected chi connectivity index (χ0v) is 40.1. The lowest BCUT2D eigenvalue weighted by Gasteiger charge is -2.41. The second kappa shape index (κ2) is 19.7. The van der Waals surface area contributed by atoms with E-state index in [0.717, 1.165) is 0 Å². The molecule has 0 spiro atoms. The number of primary amides is 2. The van der Waals surface area contributed by atoms with E-state index in [0.29, 0.717) is 122 Å². The smallest absolute Gasteiger partial charge is 0.276 e. The maximum atomic E-state index is 14.0. The minimum absolute atomic E-state index is 0.0205. The Morgan fingerprint density at radius 1 is 0.812 bits per heavy atom. The zero-order chi connectivity index (χ0) is 49.3. The molecule has 22 heteroatoms. The number of hydrogen-bond donors (Lipinski definition) is 4. The summed E-state index contributed by atoms with van der Waals surface area (Å²) in [6.07, 6.45) is 1.41. The fourth-order valence-corrected chi connectivity index (χ4v) is 9.22. The van der Waals surface area contributed by atoms with Gasteiger partial charge in [0.05, 0.1) is 53.8 Å². The molecule has 5 amide bonds. The number of imidazole rings is 2. The largest absolute Gasteiger partial charge is 0.491 e. The van der Waals surface area contributed by atoms with Crippen LogP contribution in [0.4, 0.5) is 11.9 Å². The number of carbonyl (C=O) groups is 5. The molecule has 0 saturated carbocycles. The van der Waals surface area contributed by atoms with Crippen LogP contribution in [0.1, 0.15) is 106 Å². The SMILES string of the molecule is CCn1nc(C)cc1C(=O)Nc1nc2cc(C(N)=O)cc(OCCCN(C)C(=O)C(C)(C)N3CCOCC3)c2n1CCC[C@H]1COc2cc(C(N)=O)cc3nc(NC(=O)c4cc(C)nn4CC)n1c23. The highest BCUT2D eigenvalue weighted by Crippen LogP contribution is 2.39. The van der Waals surface area contributed by atoms with Crippen LogP contribution in [-0.4, -0.2) is 137 Å². The van der Waals surface area contributed by atoms with Gasteiger partial charge in [0.1, 0.15) is 40.5 Å². The summed E-state index contributed by atoms with van der Waals surface area (Å²) in [7, 11) is 1.77. The molecule has 2 aliphatic rings. The third-order valence-corrected chi connectivity index (χ3v) is 12.7. The van der Waals surface area contributed by atoms with E-state index < -0.39 is 29.2 Å². The molecule has 2 aliphatic heterocycles. The summed E-state index contributed by atoms with van der Waals surface area (Å²) in [6, 6.07) is 9.31. The first kappa shape index (κ1) is 48.1. The molecule has 1 fully saturated rings. The maximum Gasteiger partial charge on any atom is 0.276 e. The van der Waals surface area contributed by atoms with Crippen molar-refractivity contribution in [1.29, 1.82) is 0 Å². The number of amides is 5. The number of carbonyl (C=O) groups excluding carboxylic acids is 5. The molecule has 8 rings (SSSR count). The van der Waals surface area contributed by atoms with Gasteiger partial charge in [-0.2, -0.15) is 10.2 Å². The number of morpholine rings is 1. The number of hydrogen-bond acceptors (Lipinski definition) is 13. The van der Waals surface area contributed by atoms with Crippen LogP contribution in [0.15, 0.2) is 36.4 Å². The molecule has 6 N–H and O–H groups in total. The van der Waals surface area contributed by atoms with Gasteiger partial charge in [0.2, 0.25) is 29.6 Å². The average Bonchev–Trinajstić information content (AvgIpc) is 4.10. The minimum atomic E-state index is -0.721. The molecule has 0 radical (unpaired) electrons. The molecule has 69 heavy (non-hydrogen) atoms. The summed E-state index contributed by atoms with van der Waals surface area (Å²) >= 11 is 0. The molecule has 1 atom stereocenters. The van der Waals surface area contributed by atoms with E-state index in [1.165, 1.54) is 0 Å². The number of fused-ring (bicyclic) bond motifs is 1. The summed E-state index contributed by atoms with van der Waals surface area (Å²) in [5.74, 6) is -1.04. The van der Waals surface area contributed by atoms with Gasteiger partial charge in [-0.25, -0.2) is 9.97 Å². The van der Waals surface area contributed by atoms with Crippen molar-refractivity contribution in [2.45, 2.75) is 92.0 Å². The molecule has 6 heterocycles. The van der Waals surface area contributed by atoms with E-state index in [4.69, 9.17) is 35.6 Å². The molecule has 6 aromatic rings. The summed E-state index contributed by atoms with van der Waals surface area (Å²) < 4.78 is 25.2. The highest BCUT2D eigenvalue weighted by molar-refractivity contribution is 6.05. The van der Waals surface area contributed by atoms with E-state index >= 15 is 0 Å². The van der Waals surface area contributed by atoms with Crippen LogP contribution < -0.4 is 31.6 Å². The minimum Gasteiger partial charge on any atom is -0.491 e. The second-order valence-electron chi connectivity index (χ2n) is 17.9. The van der Waals surface area contributed by atoms with Crippen LogP contribution in [0.2, 0.25) is 0 Å². The molecular weight excluding hydrogens is 889 g/mol. The predicted octanol–water partition coefficient (Wildman–Crippen LogP) is 3.89. The van der Waals surface area contributed by atoms with E-state index in [-0.39, 0.29) is 54.7 Å². The monoisotopic (exact) mass is 948 g/mol. The summed E-state index contributed by atoms with van der Waals surface area (Å²) in [5.41, 5.74) is 15.1. The van der Waals surface area contributed by atoms with Crippen LogP contribution in [0.3, 0.4) is 0 Å². The fourth-order valence-electron chi connectivity index (χ4n) is 9.22. The van der Waals surface area contributed by atoms with Gasteiger partial charge in [-0.1, -0.05) is 0 Å². The molecule has 366 valence electrons. The molecule has 0 unspecified atom stereocenters. The first-order valence-electron chi connectivity index (χ1n) is 23.2. The number of nitrogens with zero attached hydrogens (tertiary/aromatic N) is 10. The van der Waals surface area contributed by atoms with Gasteiger partial charge >= 0.3 is 0 Å². The molecule has 22 nitrogen and oxygen atoms in total. The van der Waals surface area contributed by atoms with Crippen LogP contribution in [0, 0.1) is 13.8 Å². The lowest BCUT2D eigenvalue weighted by molar-refractivity contribution is -0.144. The number of ether oxygens (including phenoxy) is 3. The van der Waals surface area contributed by atoms with Gasteiger partial charge in [-0.3, -0.25) is 48.9 Å². The third kappa shape index (κ3) is 9.71. The topological polar surface area (TPSA) is 267 Å². The molecular formula is C47H60N14O8. The van der Waals surface area contributed by atoms with Crippen LogP contribution in [-0.2, 0) is 29.2 Å². The van der Waals surface area contributed by atoms with Crippen LogP contribution in [0.5, 0.6) is 11.5 Å². The number of nitrogens with two attached hydrogens (primary N) is 2. The molecule has 0 bridgehead atoms. The Morgan fingerprint density at radius 2 is 1.39 bits per heavy atom. The zero-order valence-electron chi connectivity index (χ0n) is 40.1. The fraction of sp³-hybridized carbons (Fsp3) is 0.468. The van der Waals surface area contributed by atoms with Crippen molar-refractivity contribution in [2.75, 3.05) is 63.7 Å². The second-order valence-corrected chi connectivity index (χ2v) is 17.9. The Morgan fingerprint density at radius 3 is 2.00 bits per heavy atom. The Kier molecular flexibility index (Phi) is 13.8. The normalized spacial score (nSPS) is 15.0. The van der Waals surface area contributed by atoms with Gasteiger partial charge < -0.3 is 39.7 Å². The van der Waals surface area contributed by atoms with Crippen molar-refractivity contribution in [3.63, 3.8) is 0 Å². The number of anilines is 2. The van der Waals surface area contributed by atoms with Gasteiger partial charge in [-0.15, -0.1) is 0 Å². The van der Waals surface area contributed by atoms with Gasteiger partial charge in [0.25, 0.3) is 11.8 Å². The van der Waals surface area contributed by atoms with Crippen molar-refractivity contribution < 1.29 is 38.2 Å². The van der Waals surface area contributed by atoms with E-state index in [2.05, 4.69) is 25.7 Å². The molecule has 1 saturated heterocycles. The van der Waals surface area contributed by atoms with Crippen LogP contribution in [0.25, 0.3) is 22.1 Å². The van der Waals surface area contributed by atoms with Crippen molar-refractivity contribution >= 4 is 63.5 Å². The summed E-state index contributed by atoms with van der Waals surface area (Å²) in [4.78, 5) is 79.9. The Hall–Kier alpha value is -7.33.